The van der Waals surface area contributed by atoms with Gasteiger partial charge in [0, 0.05) is 55.8 Å². The molecule has 0 amide bonds. The van der Waals surface area contributed by atoms with Crippen LogP contribution >= 0.6 is 0 Å². The molecule has 1 saturated heterocycles. The monoisotopic (exact) mass is 475 g/mol. The minimum Gasteiger partial charge on any atom is -0.368 e. The third-order valence-corrected chi connectivity index (χ3v) is 6.77. The minimum absolute atomic E-state index is 0.0137. The Balaban J connectivity index is 1.15. The van der Waals surface area contributed by atoms with Crippen LogP contribution in [0.25, 0.3) is 22.6 Å². The van der Waals surface area contributed by atoms with Crippen molar-refractivity contribution in [2.24, 2.45) is 12.5 Å². The van der Waals surface area contributed by atoms with E-state index in [1.54, 1.807) is 30.2 Å². The quantitative estimate of drug-likeness (QED) is 0.447. The van der Waals surface area contributed by atoms with Crippen molar-refractivity contribution in [2.75, 3.05) is 29.0 Å². The third-order valence-electron chi connectivity index (χ3n) is 6.77. The molecule has 0 bridgehead atoms. The first-order chi connectivity index (χ1) is 16.8. The van der Waals surface area contributed by atoms with Gasteiger partial charge in [-0.2, -0.15) is 4.98 Å². The lowest BCUT2D eigenvalue weighted by Crippen LogP contribution is -2.23. The zero-order valence-electron chi connectivity index (χ0n) is 19.0. The molecular formula is C24H23F2N9. The van der Waals surface area contributed by atoms with Crippen LogP contribution in [0.2, 0.25) is 0 Å². The average molecular weight is 476 g/mol. The van der Waals surface area contributed by atoms with Crippen molar-refractivity contribution in [1.82, 2.24) is 29.7 Å². The number of alkyl halides is 2. The number of nitrogens with two attached hydrogens (primary N) is 1. The summed E-state index contributed by atoms with van der Waals surface area (Å²) >= 11 is 0. The van der Waals surface area contributed by atoms with Gasteiger partial charge in [-0.15, -0.1) is 5.10 Å². The highest BCUT2D eigenvalue weighted by atomic mass is 19.3. The molecule has 1 aliphatic carbocycles. The van der Waals surface area contributed by atoms with Gasteiger partial charge in [-0.1, -0.05) is 12.1 Å². The van der Waals surface area contributed by atoms with Gasteiger partial charge in [-0.05, 0) is 36.8 Å². The fourth-order valence-corrected chi connectivity index (χ4v) is 4.60. The molecule has 4 heterocycles. The highest BCUT2D eigenvalue weighted by molar-refractivity contribution is 5.66. The van der Waals surface area contributed by atoms with Gasteiger partial charge in [0.15, 0.2) is 5.82 Å². The molecule has 1 aromatic carbocycles. The summed E-state index contributed by atoms with van der Waals surface area (Å²) in [6.45, 7) is 0.951. The molecule has 178 valence electrons. The second-order valence-corrected chi connectivity index (χ2v) is 9.12. The van der Waals surface area contributed by atoms with Crippen LogP contribution < -0.4 is 16.0 Å². The van der Waals surface area contributed by atoms with E-state index in [0.717, 1.165) is 22.5 Å². The Morgan fingerprint density at radius 1 is 1.00 bits per heavy atom. The summed E-state index contributed by atoms with van der Waals surface area (Å²) in [5.41, 5.74) is 8.08. The summed E-state index contributed by atoms with van der Waals surface area (Å²) in [5.74, 6) is -0.511. The second kappa shape index (κ2) is 7.69. The van der Waals surface area contributed by atoms with Crippen molar-refractivity contribution in [2.45, 2.75) is 18.8 Å². The largest absolute Gasteiger partial charge is 0.368 e. The van der Waals surface area contributed by atoms with E-state index >= 15 is 0 Å². The lowest BCUT2D eigenvalue weighted by Gasteiger charge is -2.17. The van der Waals surface area contributed by atoms with Gasteiger partial charge in [-0.3, -0.25) is 0 Å². The Hall–Kier alpha value is -4.15. The predicted octanol–water partition coefficient (Wildman–Crippen LogP) is 3.90. The van der Waals surface area contributed by atoms with Crippen molar-refractivity contribution < 1.29 is 8.78 Å². The topological polar surface area (TPSA) is 111 Å². The molecule has 2 aliphatic rings. The van der Waals surface area contributed by atoms with Gasteiger partial charge >= 0.3 is 0 Å². The standard InChI is InChI=1S/C24H23F2N9/c1-34-22(30-17-5-2-15(3-6-17)18-8-10-28-21(27)31-18)32-20(33-34)16-4-7-19(29-12-16)35-11-9-23(14-35)13-24(23,25)26/h2-8,10,12H,9,11,13-14H2,1H3,(H2,27,28,31)(H,30,32,33)/t23-/m1/s1. The molecule has 11 heteroatoms. The Kier molecular flexibility index (Phi) is 4.70. The van der Waals surface area contributed by atoms with Gasteiger partial charge in [-0.25, -0.2) is 28.4 Å². The number of rotatable bonds is 5. The van der Waals surface area contributed by atoms with Crippen LogP contribution in [-0.4, -0.2) is 48.7 Å². The third kappa shape index (κ3) is 3.82. The number of benzene rings is 1. The predicted molar refractivity (Wildman–Crippen MR) is 128 cm³/mol. The van der Waals surface area contributed by atoms with E-state index in [0.29, 0.717) is 37.1 Å². The lowest BCUT2D eigenvalue weighted by atomic mass is 10.1. The Bertz CT molecular complexity index is 1390. The number of nitrogens with zero attached hydrogens (tertiary/aromatic N) is 7. The Morgan fingerprint density at radius 2 is 1.77 bits per heavy atom. The number of hydrogen-bond acceptors (Lipinski definition) is 8. The van der Waals surface area contributed by atoms with Gasteiger partial charge in [0.2, 0.25) is 11.9 Å². The van der Waals surface area contributed by atoms with Crippen LogP contribution in [0.5, 0.6) is 0 Å². The number of hydrogen-bond donors (Lipinski definition) is 2. The van der Waals surface area contributed by atoms with Crippen molar-refractivity contribution in [3.63, 3.8) is 0 Å². The highest BCUT2D eigenvalue weighted by Gasteiger charge is 2.72. The lowest BCUT2D eigenvalue weighted by molar-refractivity contribution is 0.0711. The van der Waals surface area contributed by atoms with E-state index < -0.39 is 11.3 Å². The molecule has 0 unspecified atom stereocenters. The summed E-state index contributed by atoms with van der Waals surface area (Å²) in [4.78, 5) is 19.2. The summed E-state index contributed by atoms with van der Waals surface area (Å²) < 4.78 is 29.0. The summed E-state index contributed by atoms with van der Waals surface area (Å²) in [6, 6.07) is 13.2. The number of anilines is 4. The SMILES string of the molecule is Cn1nc(-c2ccc(N3CC[C@]4(C3)CC4(F)F)nc2)nc1Nc1ccc(-c2ccnc(N)n2)cc1. The molecule has 6 rings (SSSR count). The number of pyridine rings is 1. The fraction of sp³-hybridized carbons (Fsp3) is 0.292. The molecule has 1 spiro atoms. The van der Waals surface area contributed by atoms with Crippen LogP contribution in [0.1, 0.15) is 12.8 Å². The number of aromatic nitrogens is 6. The zero-order chi connectivity index (χ0) is 24.2. The first-order valence-corrected chi connectivity index (χ1v) is 11.3. The molecule has 4 aromatic rings. The Labute approximate surface area is 200 Å². The van der Waals surface area contributed by atoms with Gasteiger partial charge < -0.3 is 16.0 Å². The molecule has 35 heavy (non-hydrogen) atoms. The van der Waals surface area contributed by atoms with E-state index in [1.807, 2.05) is 41.3 Å². The van der Waals surface area contributed by atoms with Gasteiger partial charge in [0.1, 0.15) is 5.82 Å². The summed E-state index contributed by atoms with van der Waals surface area (Å²) in [5, 5.41) is 7.76. The van der Waals surface area contributed by atoms with Crippen molar-refractivity contribution in [3.8, 4) is 22.6 Å². The normalized spacial score (nSPS) is 20.4. The summed E-state index contributed by atoms with van der Waals surface area (Å²) in [6.07, 6.45) is 3.81. The van der Waals surface area contributed by atoms with E-state index in [2.05, 4.69) is 30.4 Å². The number of nitrogens with one attached hydrogen (secondary N) is 1. The molecule has 3 N–H and O–H groups in total. The highest BCUT2D eigenvalue weighted by Crippen LogP contribution is 2.65. The maximum Gasteiger partial charge on any atom is 0.256 e. The smallest absolute Gasteiger partial charge is 0.256 e. The van der Waals surface area contributed by atoms with Gasteiger partial charge in [0.05, 0.1) is 11.1 Å². The van der Waals surface area contributed by atoms with Crippen LogP contribution in [0.3, 0.4) is 0 Å². The maximum absolute atomic E-state index is 13.7. The first-order valence-electron chi connectivity index (χ1n) is 11.3. The second-order valence-electron chi connectivity index (χ2n) is 9.12. The van der Waals surface area contributed by atoms with Crippen molar-refractivity contribution >= 4 is 23.4 Å². The molecule has 2 fully saturated rings. The van der Waals surface area contributed by atoms with E-state index in [1.165, 1.54) is 0 Å². The number of nitrogen functional groups attached to an aromatic ring is 1. The number of aryl methyl sites for hydroxylation is 1. The van der Waals surface area contributed by atoms with E-state index in [9.17, 15) is 8.78 Å². The minimum atomic E-state index is -2.53. The van der Waals surface area contributed by atoms with Crippen LogP contribution in [0.4, 0.5) is 32.2 Å². The molecule has 1 aliphatic heterocycles. The average Bonchev–Trinajstić information content (AvgIpc) is 3.14. The van der Waals surface area contributed by atoms with E-state index in [-0.39, 0.29) is 12.4 Å². The Morgan fingerprint density at radius 3 is 2.43 bits per heavy atom. The molecule has 3 aromatic heterocycles. The fourth-order valence-electron chi connectivity index (χ4n) is 4.60. The maximum atomic E-state index is 13.7. The molecule has 0 radical (unpaired) electrons. The summed E-state index contributed by atoms with van der Waals surface area (Å²) in [7, 11) is 1.80. The molecule has 9 nitrogen and oxygen atoms in total. The van der Waals surface area contributed by atoms with Crippen molar-refractivity contribution in [3.05, 3.63) is 54.9 Å². The van der Waals surface area contributed by atoms with Crippen molar-refractivity contribution in [1.29, 1.82) is 0 Å². The van der Waals surface area contributed by atoms with Crippen LogP contribution in [-0.2, 0) is 7.05 Å². The molecule has 1 atom stereocenters. The molecular weight excluding hydrogens is 452 g/mol. The molecule has 1 saturated carbocycles. The van der Waals surface area contributed by atoms with E-state index in [4.69, 9.17) is 5.73 Å². The zero-order valence-corrected chi connectivity index (χ0v) is 19.0. The van der Waals surface area contributed by atoms with Crippen LogP contribution in [0, 0.1) is 5.41 Å². The van der Waals surface area contributed by atoms with Gasteiger partial charge in [0.25, 0.3) is 5.92 Å². The first kappa shape index (κ1) is 21.4. The van der Waals surface area contributed by atoms with Crippen LogP contribution in [0.15, 0.2) is 54.9 Å². The number of halogens is 2.